The monoisotopic (exact) mass is 252 g/mol. The molecule has 1 N–H and O–H groups in total. The molecule has 1 aliphatic heterocycles. The number of likely N-dealkylation sites (tertiary alicyclic amines) is 1. The molecular formula is C13H20N2O3. The van der Waals surface area contributed by atoms with Crippen molar-refractivity contribution in [2.45, 2.75) is 32.7 Å². The van der Waals surface area contributed by atoms with Gasteiger partial charge in [0, 0.05) is 13.1 Å². The van der Waals surface area contributed by atoms with Crippen molar-refractivity contribution >= 4 is 12.0 Å². The van der Waals surface area contributed by atoms with Gasteiger partial charge in [-0.25, -0.2) is 9.59 Å². The molecular weight excluding hydrogens is 232 g/mol. The fraction of sp³-hybridized carbons (Fsp3) is 0.692. The first kappa shape index (κ1) is 14.4. The van der Waals surface area contributed by atoms with Crippen molar-refractivity contribution in [1.82, 2.24) is 9.80 Å². The summed E-state index contributed by atoms with van der Waals surface area (Å²) in [4.78, 5) is 26.5. The van der Waals surface area contributed by atoms with Gasteiger partial charge in [0.05, 0.1) is 6.54 Å². The van der Waals surface area contributed by atoms with E-state index < -0.39 is 12.0 Å². The summed E-state index contributed by atoms with van der Waals surface area (Å²) >= 11 is 0. The second-order valence-electron chi connectivity index (χ2n) is 4.65. The third kappa shape index (κ3) is 2.95. The van der Waals surface area contributed by atoms with Gasteiger partial charge < -0.3 is 14.9 Å². The van der Waals surface area contributed by atoms with Crippen LogP contribution in [-0.4, -0.2) is 52.6 Å². The Morgan fingerprint density at radius 2 is 2.22 bits per heavy atom. The minimum atomic E-state index is -0.939. The van der Waals surface area contributed by atoms with Gasteiger partial charge in [0.15, 0.2) is 0 Å². The van der Waals surface area contributed by atoms with Crippen LogP contribution in [0, 0.1) is 18.3 Å². The molecule has 1 fully saturated rings. The Morgan fingerprint density at radius 1 is 1.56 bits per heavy atom. The maximum Gasteiger partial charge on any atom is 0.326 e. The first-order valence-electron chi connectivity index (χ1n) is 6.24. The summed E-state index contributed by atoms with van der Waals surface area (Å²) in [6.45, 7) is 5.08. The molecule has 0 aromatic heterocycles. The molecule has 5 nitrogen and oxygen atoms in total. The summed E-state index contributed by atoms with van der Waals surface area (Å²) < 4.78 is 0. The number of terminal acetylenes is 1. The minimum absolute atomic E-state index is 0.0132. The van der Waals surface area contributed by atoms with Crippen LogP contribution in [0.4, 0.5) is 4.79 Å². The maximum absolute atomic E-state index is 12.3. The van der Waals surface area contributed by atoms with E-state index in [1.807, 2.05) is 13.8 Å². The van der Waals surface area contributed by atoms with E-state index in [1.54, 1.807) is 0 Å². The van der Waals surface area contributed by atoms with E-state index in [9.17, 15) is 14.7 Å². The second kappa shape index (κ2) is 6.29. The van der Waals surface area contributed by atoms with Gasteiger partial charge in [-0.2, -0.15) is 0 Å². The van der Waals surface area contributed by atoms with Gasteiger partial charge in [0.1, 0.15) is 6.04 Å². The van der Waals surface area contributed by atoms with Gasteiger partial charge in [0.25, 0.3) is 0 Å². The zero-order valence-electron chi connectivity index (χ0n) is 10.9. The number of rotatable bonds is 4. The van der Waals surface area contributed by atoms with Crippen molar-refractivity contribution in [1.29, 1.82) is 0 Å². The molecule has 0 aromatic carbocycles. The summed E-state index contributed by atoms with van der Waals surface area (Å²) in [6, 6.07) is -0.985. The molecule has 1 aliphatic rings. The zero-order valence-corrected chi connectivity index (χ0v) is 10.9. The van der Waals surface area contributed by atoms with Crippen molar-refractivity contribution < 1.29 is 14.7 Å². The number of hydrogen-bond acceptors (Lipinski definition) is 2. The Kier molecular flexibility index (Phi) is 5.02. The van der Waals surface area contributed by atoms with E-state index >= 15 is 0 Å². The lowest BCUT2D eigenvalue weighted by Crippen LogP contribution is -2.49. The fourth-order valence-corrected chi connectivity index (χ4v) is 2.34. The number of urea groups is 1. The SMILES string of the molecule is C#CCN(CCC)C(=O)N1CCC(C)C1C(=O)O. The van der Waals surface area contributed by atoms with Crippen molar-refractivity contribution in [3.63, 3.8) is 0 Å². The Labute approximate surface area is 108 Å². The number of carbonyl (C=O) groups excluding carboxylic acids is 1. The molecule has 5 heteroatoms. The van der Waals surface area contributed by atoms with Crippen LogP contribution in [-0.2, 0) is 4.79 Å². The Hall–Kier alpha value is -1.70. The first-order valence-corrected chi connectivity index (χ1v) is 6.24. The van der Waals surface area contributed by atoms with Crippen LogP contribution in [0.2, 0.25) is 0 Å². The third-order valence-electron chi connectivity index (χ3n) is 3.25. The molecule has 0 spiro atoms. The number of amides is 2. The maximum atomic E-state index is 12.3. The van der Waals surface area contributed by atoms with Crippen molar-refractivity contribution in [3.8, 4) is 12.3 Å². The van der Waals surface area contributed by atoms with E-state index in [4.69, 9.17) is 6.42 Å². The molecule has 100 valence electrons. The summed E-state index contributed by atoms with van der Waals surface area (Å²) in [6.07, 6.45) is 6.76. The number of carboxylic acids is 1. The highest BCUT2D eigenvalue weighted by Crippen LogP contribution is 2.25. The number of aliphatic carboxylic acids is 1. The summed E-state index contributed by atoms with van der Waals surface area (Å²) in [5.41, 5.74) is 0. The molecule has 1 saturated heterocycles. The molecule has 2 amide bonds. The number of hydrogen-bond donors (Lipinski definition) is 1. The first-order chi connectivity index (χ1) is 8.52. The topological polar surface area (TPSA) is 60.9 Å². The van der Waals surface area contributed by atoms with Gasteiger partial charge in [-0.15, -0.1) is 6.42 Å². The van der Waals surface area contributed by atoms with Crippen LogP contribution >= 0.6 is 0 Å². The smallest absolute Gasteiger partial charge is 0.326 e. The molecule has 0 saturated carbocycles. The highest BCUT2D eigenvalue weighted by molar-refractivity contribution is 5.83. The van der Waals surface area contributed by atoms with Crippen molar-refractivity contribution in [2.75, 3.05) is 19.6 Å². The molecule has 1 heterocycles. The summed E-state index contributed by atoms with van der Waals surface area (Å²) in [5.74, 6) is 1.49. The van der Waals surface area contributed by atoms with Crippen molar-refractivity contribution in [3.05, 3.63) is 0 Å². The highest BCUT2D eigenvalue weighted by atomic mass is 16.4. The Morgan fingerprint density at radius 3 is 2.72 bits per heavy atom. The average molecular weight is 252 g/mol. The lowest BCUT2D eigenvalue weighted by Gasteiger charge is -2.29. The fourth-order valence-electron chi connectivity index (χ4n) is 2.34. The van der Waals surface area contributed by atoms with E-state index in [0.717, 1.165) is 12.8 Å². The average Bonchev–Trinajstić information content (AvgIpc) is 2.70. The zero-order chi connectivity index (χ0) is 13.7. The predicted octanol–water partition coefficient (Wildman–Crippen LogP) is 1.25. The number of carbonyl (C=O) groups is 2. The van der Waals surface area contributed by atoms with Crippen LogP contribution in [0.15, 0.2) is 0 Å². The lowest BCUT2D eigenvalue weighted by atomic mass is 10.0. The van der Waals surface area contributed by atoms with Gasteiger partial charge in [-0.05, 0) is 18.8 Å². The van der Waals surface area contributed by atoms with Gasteiger partial charge in [-0.3, -0.25) is 0 Å². The number of carboxylic acid groups (broad SMARTS) is 1. The molecule has 0 aliphatic carbocycles. The molecule has 0 bridgehead atoms. The van der Waals surface area contributed by atoms with E-state index in [0.29, 0.717) is 13.1 Å². The van der Waals surface area contributed by atoms with Crippen LogP contribution < -0.4 is 0 Å². The minimum Gasteiger partial charge on any atom is -0.480 e. The predicted molar refractivity (Wildman–Crippen MR) is 68.0 cm³/mol. The quantitative estimate of drug-likeness (QED) is 0.766. The summed E-state index contributed by atoms with van der Waals surface area (Å²) in [7, 11) is 0. The standard InChI is InChI=1S/C13H20N2O3/c1-4-7-14(8-5-2)13(18)15-9-6-10(3)11(15)12(16)17/h1,10-11H,5-9H2,2-3H3,(H,16,17). The molecule has 1 rings (SSSR count). The molecule has 0 radical (unpaired) electrons. The highest BCUT2D eigenvalue weighted by Gasteiger charge is 2.40. The summed E-state index contributed by atoms with van der Waals surface area (Å²) in [5, 5.41) is 9.19. The molecule has 2 unspecified atom stereocenters. The van der Waals surface area contributed by atoms with Crippen LogP contribution in [0.25, 0.3) is 0 Å². The Bertz CT molecular complexity index is 362. The molecule has 0 aromatic rings. The van der Waals surface area contributed by atoms with Gasteiger partial charge >= 0.3 is 12.0 Å². The van der Waals surface area contributed by atoms with Crippen LogP contribution in [0.3, 0.4) is 0 Å². The van der Waals surface area contributed by atoms with Crippen LogP contribution in [0.5, 0.6) is 0 Å². The molecule has 2 atom stereocenters. The molecule has 18 heavy (non-hydrogen) atoms. The lowest BCUT2D eigenvalue weighted by molar-refractivity contribution is -0.142. The largest absolute Gasteiger partial charge is 0.480 e. The van der Waals surface area contributed by atoms with Gasteiger partial charge in [0.2, 0.25) is 0 Å². The Balaban J connectivity index is 2.81. The van der Waals surface area contributed by atoms with E-state index in [2.05, 4.69) is 5.92 Å². The third-order valence-corrected chi connectivity index (χ3v) is 3.25. The van der Waals surface area contributed by atoms with E-state index in [-0.39, 0.29) is 18.5 Å². The van der Waals surface area contributed by atoms with Crippen LogP contribution in [0.1, 0.15) is 26.7 Å². The number of nitrogens with zero attached hydrogens (tertiary/aromatic N) is 2. The second-order valence-corrected chi connectivity index (χ2v) is 4.65. The van der Waals surface area contributed by atoms with E-state index in [1.165, 1.54) is 9.80 Å². The van der Waals surface area contributed by atoms with Crippen molar-refractivity contribution in [2.24, 2.45) is 5.92 Å². The van der Waals surface area contributed by atoms with Gasteiger partial charge in [-0.1, -0.05) is 19.8 Å². The normalized spacial score (nSPS) is 22.6.